The van der Waals surface area contributed by atoms with E-state index in [1.165, 1.54) is 17.5 Å². The van der Waals surface area contributed by atoms with Crippen LogP contribution >= 0.6 is 0 Å². The maximum atomic E-state index is 9.69. The van der Waals surface area contributed by atoms with Gasteiger partial charge in [0, 0.05) is 19.2 Å². The molecule has 106 valence electrons. The second-order valence-electron chi connectivity index (χ2n) is 5.44. The highest BCUT2D eigenvalue weighted by molar-refractivity contribution is 5.38. The molecule has 3 heteroatoms. The minimum Gasteiger partial charge on any atom is -0.508 e. The molecule has 0 heterocycles. The predicted octanol–water partition coefficient (Wildman–Crippen LogP) is 3.17. The maximum Gasteiger partial charge on any atom is 0.115 e. The molecular formula is C16H25NO2. The lowest BCUT2D eigenvalue weighted by atomic mass is 9.87. The van der Waals surface area contributed by atoms with Gasteiger partial charge in [-0.15, -0.1) is 0 Å². The van der Waals surface area contributed by atoms with Gasteiger partial charge in [0.1, 0.15) is 5.75 Å². The van der Waals surface area contributed by atoms with Crippen LogP contribution in [-0.4, -0.2) is 24.9 Å². The summed E-state index contributed by atoms with van der Waals surface area (Å²) in [5.41, 5.74) is 2.64. The molecule has 0 amide bonds. The molecule has 2 N–H and O–H groups in total. The number of phenols is 1. The van der Waals surface area contributed by atoms with Gasteiger partial charge in [0.15, 0.2) is 0 Å². The van der Waals surface area contributed by atoms with Crippen molar-refractivity contribution in [3.05, 3.63) is 29.3 Å². The van der Waals surface area contributed by atoms with Gasteiger partial charge in [0.2, 0.25) is 0 Å². The Balaban J connectivity index is 2.11. The zero-order valence-corrected chi connectivity index (χ0v) is 12.0. The van der Waals surface area contributed by atoms with Crippen molar-refractivity contribution in [2.75, 3.05) is 13.7 Å². The summed E-state index contributed by atoms with van der Waals surface area (Å²) in [6.07, 6.45) is 5.75. The maximum absolute atomic E-state index is 9.69. The van der Waals surface area contributed by atoms with Crippen LogP contribution in [0, 0.1) is 0 Å². The van der Waals surface area contributed by atoms with Crippen molar-refractivity contribution in [1.82, 2.24) is 5.32 Å². The summed E-state index contributed by atoms with van der Waals surface area (Å²) < 4.78 is 5.30. The molecule has 0 radical (unpaired) electrons. The van der Waals surface area contributed by atoms with Crippen molar-refractivity contribution in [2.45, 2.75) is 51.1 Å². The quantitative estimate of drug-likeness (QED) is 0.828. The fraction of sp³-hybridized carbons (Fsp3) is 0.625. The summed E-state index contributed by atoms with van der Waals surface area (Å²) in [6, 6.07) is 6.52. The molecule has 0 spiro atoms. The Bertz CT molecular complexity index is 400. The third kappa shape index (κ3) is 3.71. The van der Waals surface area contributed by atoms with Gasteiger partial charge < -0.3 is 15.2 Å². The number of aryl methyl sites for hydroxylation is 1. The standard InChI is InChI=1S/C16H25NO2/c1-3-5-13(11-19-2)17-16-7-4-6-12-8-9-14(18)10-15(12)16/h8-10,13,16-18H,3-7,11H2,1-2H3. The van der Waals surface area contributed by atoms with Gasteiger partial charge in [-0.2, -0.15) is 0 Å². The van der Waals surface area contributed by atoms with Crippen LogP contribution in [0.4, 0.5) is 0 Å². The summed E-state index contributed by atoms with van der Waals surface area (Å²) in [4.78, 5) is 0. The van der Waals surface area contributed by atoms with Crippen molar-refractivity contribution in [2.24, 2.45) is 0 Å². The van der Waals surface area contributed by atoms with Crippen LogP contribution < -0.4 is 5.32 Å². The molecule has 0 fully saturated rings. The van der Waals surface area contributed by atoms with E-state index in [0.29, 0.717) is 17.8 Å². The lowest BCUT2D eigenvalue weighted by Crippen LogP contribution is -2.37. The number of methoxy groups -OCH3 is 1. The Morgan fingerprint density at radius 1 is 1.47 bits per heavy atom. The highest BCUT2D eigenvalue weighted by Gasteiger charge is 2.22. The van der Waals surface area contributed by atoms with Gasteiger partial charge in [-0.05, 0) is 48.9 Å². The molecule has 0 bridgehead atoms. The minimum atomic E-state index is 0.350. The van der Waals surface area contributed by atoms with E-state index in [0.717, 1.165) is 32.3 Å². The highest BCUT2D eigenvalue weighted by atomic mass is 16.5. The Morgan fingerprint density at radius 2 is 2.32 bits per heavy atom. The van der Waals surface area contributed by atoms with E-state index in [2.05, 4.69) is 18.3 Å². The van der Waals surface area contributed by atoms with E-state index in [-0.39, 0.29) is 0 Å². The smallest absolute Gasteiger partial charge is 0.115 e. The molecule has 1 aromatic rings. The second kappa shape index (κ2) is 6.92. The van der Waals surface area contributed by atoms with E-state index >= 15 is 0 Å². The van der Waals surface area contributed by atoms with E-state index < -0.39 is 0 Å². The van der Waals surface area contributed by atoms with E-state index in [9.17, 15) is 5.11 Å². The third-order valence-corrected chi connectivity index (χ3v) is 3.89. The highest BCUT2D eigenvalue weighted by Crippen LogP contribution is 2.32. The summed E-state index contributed by atoms with van der Waals surface area (Å²) in [7, 11) is 1.75. The van der Waals surface area contributed by atoms with Crippen LogP contribution in [0.1, 0.15) is 49.8 Å². The topological polar surface area (TPSA) is 41.5 Å². The SMILES string of the molecule is CCCC(COC)NC1CCCc2ccc(O)cc21. The molecular weight excluding hydrogens is 238 g/mol. The molecule has 0 aromatic heterocycles. The van der Waals surface area contributed by atoms with Crippen LogP contribution in [0.25, 0.3) is 0 Å². The van der Waals surface area contributed by atoms with Crippen LogP contribution in [0.3, 0.4) is 0 Å². The first-order valence-corrected chi connectivity index (χ1v) is 7.31. The first kappa shape index (κ1) is 14.4. The average molecular weight is 263 g/mol. The van der Waals surface area contributed by atoms with Crippen molar-refractivity contribution in [3.8, 4) is 5.75 Å². The zero-order chi connectivity index (χ0) is 13.7. The first-order valence-electron chi connectivity index (χ1n) is 7.31. The summed E-state index contributed by atoms with van der Waals surface area (Å²) in [6.45, 7) is 2.95. The number of hydrogen-bond acceptors (Lipinski definition) is 3. The molecule has 2 atom stereocenters. The predicted molar refractivity (Wildman–Crippen MR) is 77.5 cm³/mol. The number of hydrogen-bond donors (Lipinski definition) is 2. The van der Waals surface area contributed by atoms with Gasteiger partial charge in [-0.1, -0.05) is 19.4 Å². The summed E-state index contributed by atoms with van der Waals surface area (Å²) >= 11 is 0. The average Bonchev–Trinajstić information content (AvgIpc) is 2.40. The molecule has 1 aliphatic rings. The Hall–Kier alpha value is -1.06. The molecule has 1 aromatic carbocycles. The number of rotatable bonds is 6. The monoisotopic (exact) mass is 263 g/mol. The van der Waals surface area contributed by atoms with E-state index in [4.69, 9.17) is 4.74 Å². The number of ether oxygens (including phenoxy) is 1. The normalized spacial score (nSPS) is 20.0. The number of benzene rings is 1. The molecule has 0 saturated carbocycles. The zero-order valence-electron chi connectivity index (χ0n) is 12.0. The van der Waals surface area contributed by atoms with Gasteiger partial charge in [-0.25, -0.2) is 0 Å². The van der Waals surface area contributed by atoms with Crippen LogP contribution in [0.5, 0.6) is 5.75 Å². The van der Waals surface area contributed by atoms with E-state index in [1.54, 1.807) is 13.2 Å². The fourth-order valence-corrected chi connectivity index (χ4v) is 3.01. The molecule has 0 aliphatic heterocycles. The van der Waals surface area contributed by atoms with Crippen LogP contribution in [-0.2, 0) is 11.2 Å². The molecule has 0 saturated heterocycles. The van der Waals surface area contributed by atoms with Crippen molar-refractivity contribution in [1.29, 1.82) is 0 Å². The Labute approximate surface area is 116 Å². The second-order valence-corrected chi connectivity index (χ2v) is 5.44. The Morgan fingerprint density at radius 3 is 3.05 bits per heavy atom. The van der Waals surface area contributed by atoms with Gasteiger partial charge in [0.05, 0.1) is 6.61 Å². The van der Waals surface area contributed by atoms with E-state index in [1.807, 2.05) is 6.07 Å². The molecule has 19 heavy (non-hydrogen) atoms. The van der Waals surface area contributed by atoms with Gasteiger partial charge in [0.25, 0.3) is 0 Å². The molecule has 2 unspecified atom stereocenters. The Kier molecular flexibility index (Phi) is 5.23. The number of nitrogens with one attached hydrogen (secondary N) is 1. The van der Waals surface area contributed by atoms with Crippen molar-refractivity contribution >= 4 is 0 Å². The van der Waals surface area contributed by atoms with Gasteiger partial charge in [-0.3, -0.25) is 0 Å². The number of phenolic OH excluding ortho intramolecular Hbond substituents is 1. The molecule has 2 rings (SSSR count). The number of aromatic hydroxyl groups is 1. The summed E-state index contributed by atoms with van der Waals surface area (Å²) in [5, 5.41) is 13.4. The molecule has 1 aliphatic carbocycles. The van der Waals surface area contributed by atoms with Crippen molar-refractivity contribution in [3.63, 3.8) is 0 Å². The van der Waals surface area contributed by atoms with Crippen LogP contribution in [0.15, 0.2) is 18.2 Å². The number of fused-ring (bicyclic) bond motifs is 1. The summed E-state index contributed by atoms with van der Waals surface area (Å²) in [5.74, 6) is 0.367. The largest absolute Gasteiger partial charge is 0.508 e. The molecule has 3 nitrogen and oxygen atoms in total. The lowest BCUT2D eigenvalue weighted by molar-refractivity contribution is 0.154. The van der Waals surface area contributed by atoms with Gasteiger partial charge >= 0.3 is 0 Å². The minimum absolute atomic E-state index is 0.350. The third-order valence-electron chi connectivity index (χ3n) is 3.89. The lowest BCUT2D eigenvalue weighted by Gasteiger charge is -2.30. The fourth-order valence-electron chi connectivity index (χ4n) is 3.01. The van der Waals surface area contributed by atoms with Crippen LogP contribution in [0.2, 0.25) is 0 Å². The van der Waals surface area contributed by atoms with Crippen molar-refractivity contribution < 1.29 is 9.84 Å². The first-order chi connectivity index (χ1) is 9.24.